The highest BCUT2D eigenvalue weighted by atomic mass is 16.3. The second-order valence-electron chi connectivity index (χ2n) is 2.63. The molecule has 66 valence electrons. The molecule has 0 heterocycles. The van der Waals surface area contributed by atoms with Crippen LogP contribution < -0.4 is 11.3 Å². The van der Waals surface area contributed by atoms with Gasteiger partial charge in [0.2, 0.25) is 0 Å². The van der Waals surface area contributed by atoms with E-state index in [2.05, 4.69) is 5.43 Å². The number of phenols is 2. The number of nitrogens with two attached hydrogens (primary N) is 1. The van der Waals surface area contributed by atoms with E-state index in [4.69, 9.17) is 10.9 Å². The molecule has 0 fully saturated rings. The first-order valence-corrected chi connectivity index (χ1v) is 3.63. The predicted octanol–water partition coefficient (Wildman–Crippen LogP) is 0.622. The monoisotopic (exact) mass is 168 g/mol. The molecule has 0 radical (unpaired) electrons. The molecule has 0 amide bonds. The molecule has 0 aliphatic rings. The molecular formula is C8H12N2O2. The van der Waals surface area contributed by atoms with Crippen molar-refractivity contribution in [1.29, 1.82) is 0 Å². The molecule has 0 saturated heterocycles. The van der Waals surface area contributed by atoms with E-state index in [0.717, 1.165) is 0 Å². The Morgan fingerprint density at radius 3 is 2.67 bits per heavy atom. The molecule has 1 aromatic carbocycles. The van der Waals surface area contributed by atoms with Crippen LogP contribution >= 0.6 is 0 Å². The number of aromatic hydroxyl groups is 2. The van der Waals surface area contributed by atoms with E-state index in [0.29, 0.717) is 5.56 Å². The molecule has 5 N–H and O–H groups in total. The third kappa shape index (κ3) is 1.66. The number of hydrogen-bond donors (Lipinski definition) is 4. The third-order valence-electron chi connectivity index (χ3n) is 1.73. The maximum Gasteiger partial charge on any atom is 0.120 e. The summed E-state index contributed by atoms with van der Waals surface area (Å²) in [6, 6.07) is 4.14. The van der Waals surface area contributed by atoms with Gasteiger partial charge < -0.3 is 10.2 Å². The average molecular weight is 168 g/mol. The van der Waals surface area contributed by atoms with Crippen LogP contribution in [0.3, 0.4) is 0 Å². The molecule has 12 heavy (non-hydrogen) atoms. The third-order valence-corrected chi connectivity index (χ3v) is 1.73. The van der Waals surface area contributed by atoms with Crippen LogP contribution in [0.5, 0.6) is 11.5 Å². The number of phenolic OH excluding ortho intramolecular Hbond substituents is 2. The Labute approximate surface area is 70.6 Å². The first-order valence-electron chi connectivity index (χ1n) is 3.63. The first-order chi connectivity index (χ1) is 5.65. The lowest BCUT2D eigenvalue weighted by Gasteiger charge is -2.11. The van der Waals surface area contributed by atoms with Crippen LogP contribution in [0.1, 0.15) is 18.5 Å². The minimum Gasteiger partial charge on any atom is -0.508 e. The highest BCUT2D eigenvalue weighted by Gasteiger charge is 2.08. The van der Waals surface area contributed by atoms with Crippen molar-refractivity contribution in [3.63, 3.8) is 0 Å². The van der Waals surface area contributed by atoms with Crippen molar-refractivity contribution in [2.24, 2.45) is 5.84 Å². The molecule has 0 aliphatic heterocycles. The van der Waals surface area contributed by atoms with E-state index >= 15 is 0 Å². The summed E-state index contributed by atoms with van der Waals surface area (Å²) in [5.41, 5.74) is 3.06. The fourth-order valence-electron chi connectivity index (χ4n) is 0.979. The molecule has 0 spiro atoms. The van der Waals surface area contributed by atoms with Crippen LogP contribution in [-0.4, -0.2) is 10.2 Å². The summed E-state index contributed by atoms with van der Waals surface area (Å²) >= 11 is 0. The first kappa shape index (κ1) is 8.83. The van der Waals surface area contributed by atoms with Gasteiger partial charge in [-0.15, -0.1) is 0 Å². The Morgan fingerprint density at radius 2 is 2.08 bits per heavy atom. The molecule has 1 atom stereocenters. The molecule has 1 aromatic rings. The smallest absolute Gasteiger partial charge is 0.120 e. The summed E-state index contributed by atoms with van der Waals surface area (Å²) in [7, 11) is 0. The Kier molecular flexibility index (Phi) is 2.52. The fourth-order valence-corrected chi connectivity index (χ4v) is 0.979. The quantitative estimate of drug-likeness (QED) is 0.296. The second kappa shape index (κ2) is 3.42. The number of benzene rings is 1. The zero-order chi connectivity index (χ0) is 9.14. The topological polar surface area (TPSA) is 78.5 Å². The van der Waals surface area contributed by atoms with Gasteiger partial charge >= 0.3 is 0 Å². The normalized spacial score (nSPS) is 12.8. The lowest BCUT2D eigenvalue weighted by molar-refractivity contribution is 0.442. The highest BCUT2D eigenvalue weighted by Crippen LogP contribution is 2.26. The van der Waals surface area contributed by atoms with E-state index in [1.165, 1.54) is 18.2 Å². The van der Waals surface area contributed by atoms with Crippen molar-refractivity contribution >= 4 is 0 Å². The van der Waals surface area contributed by atoms with Crippen molar-refractivity contribution in [1.82, 2.24) is 5.43 Å². The van der Waals surface area contributed by atoms with Gasteiger partial charge in [-0.1, -0.05) is 0 Å². The van der Waals surface area contributed by atoms with E-state index < -0.39 is 0 Å². The zero-order valence-electron chi connectivity index (χ0n) is 6.78. The van der Waals surface area contributed by atoms with Gasteiger partial charge in [0.25, 0.3) is 0 Å². The SMILES string of the molecule is C[C@@H](NN)c1cc(O)ccc1O. The van der Waals surface area contributed by atoms with Crippen LogP contribution in [0.25, 0.3) is 0 Å². The van der Waals surface area contributed by atoms with Gasteiger partial charge in [0, 0.05) is 11.6 Å². The Bertz CT molecular complexity index is 276. The molecule has 0 unspecified atom stereocenters. The lowest BCUT2D eigenvalue weighted by atomic mass is 10.1. The van der Waals surface area contributed by atoms with Gasteiger partial charge in [-0.05, 0) is 25.1 Å². The van der Waals surface area contributed by atoms with Gasteiger partial charge in [-0.25, -0.2) is 0 Å². The maximum atomic E-state index is 9.33. The van der Waals surface area contributed by atoms with Gasteiger partial charge in [-0.2, -0.15) is 0 Å². The minimum atomic E-state index is -0.183. The number of nitrogens with one attached hydrogen (secondary N) is 1. The van der Waals surface area contributed by atoms with Crippen LogP contribution in [0.4, 0.5) is 0 Å². The Hall–Kier alpha value is -1.26. The summed E-state index contributed by atoms with van der Waals surface area (Å²) in [6.45, 7) is 1.79. The molecule has 0 aromatic heterocycles. The van der Waals surface area contributed by atoms with E-state index in [1.807, 2.05) is 0 Å². The molecule has 0 saturated carbocycles. The largest absolute Gasteiger partial charge is 0.508 e. The molecular weight excluding hydrogens is 156 g/mol. The average Bonchev–Trinajstić information content (AvgIpc) is 2.08. The molecule has 0 aliphatic carbocycles. The Balaban J connectivity index is 3.04. The molecule has 4 heteroatoms. The van der Waals surface area contributed by atoms with Crippen molar-refractivity contribution in [3.05, 3.63) is 23.8 Å². The van der Waals surface area contributed by atoms with E-state index in [1.54, 1.807) is 6.92 Å². The van der Waals surface area contributed by atoms with Gasteiger partial charge in [0.05, 0.1) is 0 Å². The molecule has 1 rings (SSSR count). The number of hydrazine groups is 1. The maximum absolute atomic E-state index is 9.33. The summed E-state index contributed by atoms with van der Waals surface area (Å²) in [5, 5.41) is 18.4. The van der Waals surface area contributed by atoms with Crippen molar-refractivity contribution in [2.75, 3.05) is 0 Å². The van der Waals surface area contributed by atoms with Crippen LogP contribution in [0.15, 0.2) is 18.2 Å². The van der Waals surface area contributed by atoms with Crippen molar-refractivity contribution in [3.8, 4) is 11.5 Å². The lowest BCUT2D eigenvalue weighted by Crippen LogP contribution is -2.25. The highest BCUT2D eigenvalue weighted by molar-refractivity contribution is 5.40. The minimum absolute atomic E-state index is 0.116. The Morgan fingerprint density at radius 1 is 1.42 bits per heavy atom. The molecule has 4 nitrogen and oxygen atoms in total. The summed E-state index contributed by atoms with van der Waals surface area (Å²) in [6.07, 6.45) is 0. The number of hydrogen-bond acceptors (Lipinski definition) is 4. The predicted molar refractivity (Wildman–Crippen MR) is 45.5 cm³/mol. The van der Waals surface area contributed by atoms with Gasteiger partial charge in [-0.3, -0.25) is 11.3 Å². The summed E-state index contributed by atoms with van der Waals surface area (Å²) in [4.78, 5) is 0. The second-order valence-corrected chi connectivity index (χ2v) is 2.63. The standard InChI is InChI=1S/C8H12N2O2/c1-5(10-9)7-4-6(11)2-3-8(7)12/h2-5,10-12H,9H2,1H3/t5-/m1/s1. The van der Waals surface area contributed by atoms with Crippen LogP contribution in [0.2, 0.25) is 0 Å². The number of rotatable bonds is 2. The van der Waals surface area contributed by atoms with E-state index in [9.17, 15) is 5.11 Å². The van der Waals surface area contributed by atoms with Crippen molar-refractivity contribution in [2.45, 2.75) is 13.0 Å². The van der Waals surface area contributed by atoms with E-state index in [-0.39, 0.29) is 17.5 Å². The summed E-state index contributed by atoms with van der Waals surface area (Å²) < 4.78 is 0. The zero-order valence-corrected chi connectivity index (χ0v) is 6.78. The summed E-state index contributed by atoms with van der Waals surface area (Å²) in [5.74, 6) is 5.42. The van der Waals surface area contributed by atoms with Crippen LogP contribution in [0, 0.1) is 0 Å². The van der Waals surface area contributed by atoms with Gasteiger partial charge in [0.15, 0.2) is 0 Å². The van der Waals surface area contributed by atoms with Crippen LogP contribution in [-0.2, 0) is 0 Å². The fraction of sp³-hybridized carbons (Fsp3) is 0.250. The van der Waals surface area contributed by atoms with Crippen molar-refractivity contribution < 1.29 is 10.2 Å². The molecule has 0 bridgehead atoms. The van der Waals surface area contributed by atoms with Gasteiger partial charge in [0.1, 0.15) is 11.5 Å².